The predicted octanol–water partition coefficient (Wildman–Crippen LogP) is 4.67. The van der Waals surface area contributed by atoms with Crippen LogP contribution in [0, 0.1) is 23.2 Å². The molecule has 150 valence electrons. The van der Waals surface area contributed by atoms with E-state index in [1.54, 1.807) is 0 Å². The van der Waals surface area contributed by atoms with Crippen molar-refractivity contribution in [1.82, 2.24) is 5.32 Å². The van der Waals surface area contributed by atoms with Gasteiger partial charge in [-0.2, -0.15) is 0 Å². The quantitative estimate of drug-likeness (QED) is 0.604. The van der Waals surface area contributed by atoms with Gasteiger partial charge in [0, 0.05) is 19.1 Å². The van der Waals surface area contributed by atoms with Crippen LogP contribution in [-0.2, 0) is 14.3 Å². The van der Waals surface area contributed by atoms with E-state index in [2.05, 4.69) is 26.1 Å². The maximum atomic E-state index is 12.4. The smallest absolute Gasteiger partial charge is 0.220 e. The van der Waals surface area contributed by atoms with E-state index in [1.165, 1.54) is 12.8 Å². The molecule has 3 saturated carbocycles. The molecule has 0 aromatic heterocycles. The number of carbonyl (C=O) groups is 1. The number of hydrogen-bond acceptors (Lipinski definition) is 3. The summed E-state index contributed by atoms with van der Waals surface area (Å²) in [6.45, 7) is 8.61. The minimum absolute atomic E-state index is 0.00317. The van der Waals surface area contributed by atoms with Gasteiger partial charge in [-0.1, -0.05) is 33.6 Å². The van der Waals surface area contributed by atoms with Crippen molar-refractivity contribution in [1.29, 1.82) is 0 Å². The van der Waals surface area contributed by atoms with Crippen molar-refractivity contribution in [3.8, 4) is 0 Å². The highest BCUT2D eigenvalue weighted by Gasteiger charge is 2.57. The molecule has 1 heterocycles. The van der Waals surface area contributed by atoms with E-state index < -0.39 is 0 Å². The molecule has 1 saturated heterocycles. The fraction of sp³-hybridized carbons (Fsp3) is 0.955. The first-order valence-corrected chi connectivity index (χ1v) is 11.0. The highest BCUT2D eigenvalue weighted by molar-refractivity contribution is 5.76. The number of ether oxygens (including phenoxy) is 2. The highest BCUT2D eigenvalue weighted by atomic mass is 16.7. The molecule has 5 atom stereocenters. The van der Waals surface area contributed by atoms with Gasteiger partial charge in [0.05, 0.1) is 6.61 Å². The van der Waals surface area contributed by atoms with E-state index in [9.17, 15) is 4.79 Å². The van der Waals surface area contributed by atoms with Crippen LogP contribution in [0.15, 0.2) is 0 Å². The Balaban J connectivity index is 1.50. The second kappa shape index (κ2) is 9.05. The van der Waals surface area contributed by atoms with Crippen LogP contribution in [0.25, 0.3) is 0 Å². The molecule has 4 heteroatoms. The van der Waals surface area contributed by atoms with Crippen molar-refractivity contribution < 1.29 is 14.3 Å². The van der Waals surface area contributed by atoms with Crippen LogP contribution in [-0.4, -0.2) is 31.5 Å². The molecule has 0 aromatic rings. The molecule has 3 aliphatic carbocycles. The molecule has 0 aromatic carbocycles. The van der Waals surface area contributed by atoms with Gasteiger partial charge in [0.25, 0.3) is 0 Å². The molecule has 1 aliphatic heterocycles. The van der Waals surface area contributed by atoms with Gasteiger partial charge in [-0.25, -0.2) is 0 Å². The van der Waals surface area contributed by atoms with Gasteiger partial charge in [-0.05, 0) is 68.1 Å². The van der Waals surface area contributed by atoms with Crippen LogP contribution in [0.2, 0.25) is 0 Å². The van der Waals surface area contributed by atoms with Gasteiger partial charge in [-0.15, -0.1) is 0 Å². The molecule has 4 rings (SSSR count). The van der Waals surface area contributed by atoms with Crippen LogP contribution in [0.5, 0.6) is 0 Å². The molecule has 26 heavy (non-hydrogen) atoms. The molecule has 1 unspecified atom stereocenters. The number of fused-ring (bicyclic) bond motifs is 2. The largest absolute Gasteiger partial charge is 0.353 e. The molecule has 1 amide bonds. The molecular formula is C22H39NO3. The van der Waals surface area contributed by atoms with Crippen molar-refractivity contribution in [2.75, 3.05) is 13.2 Å². The third-order valence-corrected chi connectivity index (χ3v) is 7.37. The normalized spacial score (nSPS) is 35.6. The summed E-state index contributed by atoms with van der Waals surface area (Å²) < 4.78 is 11.7. The lowest BCUT2D eigenvalue weighted by atomic mass is 9.44. The summed E-state index contributed by atoms with van der Waals surface area (Å²) in [4.78, 5) is 12.4. The summed E-state index contributed by atoms with van der Waals surface area (Å²) in [5, 5.41) is 3.39. The molecule has 0 radical (unpaired) electrons. The zero-order valence-electron chi connectivity index (χ0n) is 17.1. The fourth-order valence-electron chi connectivity index (χ4n) is 5.51. The molecular weight excluding hydrogens is 326 g/mol. The van der Waals surface area contributed by atoms with Crippen LogP contribution >= 0.6 is 0 Å². The van der Waals surface area contributed by atoms with Crippen molar-refractivity contribution in [3.05, 3.63) is 0 Å². The SMILES string of the molecule is CCCCCC(=O)N[C@H]1C[C@H]2C[C@@H]([C@@H]1CCOC1CCCCO1)C2(C)C. The highest BCUT2D eigenvalue weighted by Crippen LogP contribution is 2.62. The topological polar surface area (TPSA) is 47.6 Å². The standard InChI is InChI=1S/C22H39NO3/c1-4-5-6-9-20(24)23-19-15-16-14-18(22(16,2)3)17(19)11-13-26-21-10-7-8-12-25-21/h16-19,21H,4-15H2,1-3H3,(H,23,24)/t16-,17+,18+,19+,21?/m1/s1. The first-order valence-electron chi connectivity index (χ1n) is 11.0. The zero-order chi connectivity index (χ0) is 18.6. The van der Waals surface area contributed by atoms with Crippen LogP contribution in [0.4, 0.5) is 0 Å². The van der Waals surface area contributed by atoms with Crippen molar-refractivity contribution in [2.24, 2.45) is 23.2 Å². The van der Waals surface area contributed by atoms with Crippen LogP contribution in [0.1, 0.15) is 85.0 Å². The van der Waals surface area contributed by atoms with Gasteiger partial charge in [0.15, 0.2) is 6.29 Å². The Morgan fingerprint density at radius 1 is 1.23 bits per heavy atom. The minimum atomic E-state index is -0.00317. The maximum absolute atomic E-state index is 12.4. The molecule has 1 N–H and O–H groups in total. The lowest BCUT2D eigenvalue weighted by Crippen LogP contribution is -2.61. The van der Waals surface area contributed by atoms with Crippen molar-refractivity contribution >= 4 is 5.91 Å². The van der Waals surface area contributed by atoms with Crippen molar-refractivity contribution in [2.45, 2.75) is 97.3 Å². The number of hydrogen-bond donors (Lipinski definition) is 1. The summed E-state index contributed by atoms with van der Waals surface area (Å²) in [6, 6.07) is 0.344. The van der Waals surface area contributed by atoms with Gasteiger partial charge in [0.1, 0.15) is 0 Å². The lowest BCUT2D eigenvalue weighted by molar-refractivity contribution is -0.175. The van der Waals surface area contributed by atoms with E-state index in [0.717, 1.165) is 70.0 Å². The minimum Gasteiger partial charge on any atom is -0.353 e. The Bertz CT molecular complexity index is 458. The average molecular weight is 366 g/mol. The number of unbranched alkanes of at least 4 members (excludes halogenated alkanes) is 2. The Hall–Kier alpha value is -0.610. The fourth-order valence-corrected chi connectivity index (χ4v) is 5.51. The van der Waals surface area contributed by atoms with Gasteiger partial charge in [0.2, 0.25) is 5.91 Å². The number of nitrogens with one attached hydrogen (secondary N) is 1. The summed E-state index contributed by atoms with van der Waals surface area (Å²) in [5.74, 6) is 2.29. The Morgan fingerprint density at radius 2 is 2.08 bits per heavy atom. The monoisotopic (exact) mass is 365 g/mol. The second-order valence-electron chi connectivity index (χ2n) is 9.35. The maximum Gasteiger partial charge on any atom is 0.220 e. The first-order chi connectivity index (χ1) is 12.5. The van der Waals surface area contributed by atoms with Crippen LogP contribution < -0.4 is 5.32 Å². The third-order valence-electron chi connectivity index (χ3n) is 7.37. The molecule has 2 bridgehead atoms. The molecule has 4 nitrogen and oxygen atoms in total. The molecule has 4 fully saturated rings. The zero-order valence-corrected chi connectivity index (χ0v) is 17.1. The summed E-state index contributed by atoms with van der Waals surface area (Å²) in [7, 11) is 0. The average Bonchev–Trinajstić information content (AvgIpc) is 2.63. The molecule has 4 aliphatic rings. The number of amides is 1. The Labute approximate surface area is 159 Å². The number of carbonyl (C=O) groups excluding carboxylic acids is 1. The van der Waals surface area contributed by atoms with Crippen LogP contribution in [0.3, 0.4) is 0 Å². The van der Waals surface area contributed by atoms with E-state index in [-0.39, 0.29) is 12.2 Å². The number of rotatable bonds is 9. The summed E-state index contributed by atoms with van der Waals surface area (Å²) in [6.07, 6.45) is 10.9. The second-order valence-corrected chi connectivity index (χ2v) is 9.35. The van der Waals surface area contributed by atoms with Gasteiger partial charge >= 0.3 is 0 Å². The molecule has 0 spiro atoms. The van der Waals surface area contributed by atoms with E-state index in [4.69, 9.17) is 9.47 Å². The van der Waals surface area contributed by atoms with Gasteiger partial charge < -0.3 is 14.8 Å². The Kier molecular flexibility index (Phi) is 7.01. The van der Waals surface area contributed by atoms with E-state index >= 15 is 0 Å². The van der Waals surface area contributed by atoms with E-state index in [0.29, 0.717) is 23.8 Å². The Morgan fingerprint density at radius 3 is 2.77 bits per heavy atom. The van der Waals surface area contributed by atoms with Gasteiger partial charge in [-0.3, -0.25) is 4.79 Å². The predicted molar refractivity (Wildman–Crippen MR) is 104 cm³/mol. The first kappa shape index (κ1) is 20.1. The van der Waals surface area contributed by atoms with E-state index in [1.807, 2.05) is 0 Å². The summed E-state index contributed by atoms with van der Waals surface area (Å²) in [5.41, 5.74) is 0.426. The third kappa shape index (κ3) is 4.62. The van der Waals surface area contributed by atoms with Crippen molar-refractivity contribution in [3.63, 3.8) is 0 Å². The lowest BCUT2D eigenvalue weighted by Gasteiger charge is -2.62. The summed E-state index contributed by atoms with van der Waals surface area (Å²) >= 11 is 0.